The van der Waals surface area contributed by atoms with Crippen LogP contribution in [-0.2, 0) is 16.0 Å². The van der Waals surface area contributed by atoms with E-state index in [1.54, 1.807) is 0 Å². The molecule has 6 nitrogen and oxygen atoms in total. The van der Waals surface area contributed by atoms with E-state index in [1.807, 2.05) is 4.90 Å². The van der Waals surface area contributed by atoms with E-state index >= 15 is 0 Å². The lowest BCUT2D eigenvalue weighted by Crippen LogP contribution is -2.41. The maximum absolute atomic E-state index is 12.0. The maximum atomic E-state index is 12.0. The van der Waals surface area contributed by atoms with Crippen LogP contribution in [0.25, 0.3) is 0 Å². The largest absolute Gasteiger partial charge is 0.378 e. The van der Waals surface area contributed by atoms with Crippen molar-refractivity contribution in [2.24, 2.45) is 5.92 Å². The zero-order chi connectivity index (χ0) is 14.5. The molecule has 2 fully saturated rings. The molecule has 0 bridgehead atoms. The van der Waals surface area contributed by atoms with Gasteiger partial charge in [0.05, 0.1) is 19.0 Å². The van der Waals surface area contributed by atoms with Gasteiger partial charge in [-0.05, 0) is 5.92 Å². The Hall–Kier alpha value is -1.08. The maximum Gasteiger partial charge on any atom is 0.233 e. The molecular formula is C14H22N4O2S. The molecule has 0 aromatic carbocycles. The van der Waals surface area contributed by atoms with Gasteiger partial charge >= 0.3 is 0 Å². The third kappa shape index (κ3) is 4.20. The Morgan fingerprint density at radius 1 is 1.33 bits per heavy atom. The molecular weight excluding hydrogens is 288 g/mol. The second-order valence-electron chi connectivity index (χ2n) is 5.70. The smallest absolute Gasteiger partial charge is 0.233 e. The van der Waals surface area contributed by atoms with Gasteiger partial charge in [-0.25, -0.2) is 4.98 Å². The number of carbonyl (C=O) groups is 1. The van der Waals surface area contributed by atoms with Gasteiger partial charge in [0.2, 0.25) is 11.1 Å². The van der Waals surface area contributed by atoms with E-state index in [0.717, 1.165) is 18.2 Å². The Morgan fingerprint density at radius 2 is 2.10 bits per heavy atom. The lowest BCUT2D eigenvalue weighted by atomic mass is 10.0. The summed E-state index contributed by atoms with van der Waals surface area (Å²) in [4.78, 5) is 18.4. The van der Waals surface area contributed by atoms with Crippen LogP contribution < -0.4 is 0 Å². The minimum atomic E-state index is 0.144. The fourth-order valence-electron chi connectivity index (χ4n) is 2.95. The molecule has 2 aliphatic rings. The van der Waals surface area contributed by atoms with Crippen molar-refractivity contribution in [3.8, 4) is 0 Å². The Bertz CT molecular complexity index is 467. The van der Waals surface area contributed by atoms with Crippen molar-refractivity contribution >= 4 is 17.7 Å². The van der Waals surface area contributed by atoms with E-state index in [4.69, 9.17) is 4.74 Å². The van der Waals surface area contributed by atoms with Crippen LogP contribution >= 0.6 is 11.8 Å². The first-order valence-electron chi connectivity index (χ1n) is 7.71. The highest BCUT2D eigenvalue weighted by atomic mass is 32.2. The van der Waals surface area contributed by atoms with Crippen molar-refractivity contribution in [1.29, 1.82) is 0 Å². The average molecular weight is 310 g/mol. The first-order chi connectivity index (χ1) is 10.3. The van der Waals surface area contributed by atoms with Gasteiger partial charge in [0.1, 0.15) is 5.82 Å². The number of nitrogens with zero attached hydrogens (tertiary/aromatic N) is 3. The summed E-state index contributed by atoms with van der Waals surface area (Å²) < 4.78 is 5.25. The minimum absolute atomic E-state index is 0.144. The van der Waals surface area contributed by atoms with E-state index in [0.29, 0.717) is 37.2 Å². The third-order valence-corrected chi connectivity index (χ3v) is 4.99. The monoisotopic (exact) mass is 310 g/mol. The molecule has 0 spiro atoms. The number of rotatable bonds is 5. The van der Waals surface area contributed by atoms with Crippen LogP contribution in [0.1, 0.15) is 31.5 Å². The summed E-state index contributed by atoms with van der Waals surface area (Å²) in [6.07, 6.45) is 6.28. The van der Waals surface area contributed by atoms with Crippen LogP contribution in [0.4, 0.5) is 0 Å². The zero-order valence-electron chi connectivity index (χ0n) is 12.2. The molecule has 21 heavy (non-hydrogen) atoms. The first kappa shape index (κ1) is 14.8. The van der Waals surface area contributed by atoms with Crippen molar-refractivity contribution in [1.82, 2.24) is 20.1 Å². The lowest BCUT2D eigenvalue weighted by molar-refractivity contribution is -0.132. The summed E-state index contributed by atoms with van der Waals surface area (Å²) in [5.74, 6) is 2.26. The number of aromatic amines is 1. The Morgan fingerprint density at radius 3 is 2.86 bits per heavy atom. The molecule has 1 aliphatic carbocycles. The van der Waals surface area contributed by atoms with Gasteiger partial charge in [0, 0.05) is 19.5 Å². The molecule has 116 valence electrons. The number of nitrogens with one attached hydrogen (secondary N) is 1. The van der Waals surface area contributed by atoms with Crippen molar-refractivity contribution < 1.29 is 9.53 Å². The molecule has 1 saturated heterocycles. The Kier molecular flexibility index (Phi) is 5.13. The summed E-state index contributed by atoms with van der Waals surface area (Å²) in [6, 6.07) is 0. The van der Waals surface area contributed by atoms with Gasteiger partial charge in [-0.1, -0.05) is 37.4 Å². The molecule has 1 aromatic heterocycles. The van der Waals surface area contributed by atoms with Gasteiger partial charge in [-0.2, -0.15) is 0 Å². The molecule has 1 amide bonds. The number of morpholine rings is 1. The lowest BCUT2D eigenvalue weighted by Gasteiger charge is -2.26. The summed E-state index contributed by atoms with van der Waals surface area (Å²) in [5, 5.41) is 7.90. The van der Waals surface area contributed by atoms with Gasteiger partial charge in [0.15, 0.2) is 0 Å². The molecule has 1 aliphatic heterocycles. The zero-order valence-corrected chi connectivity index (χ0v) is 13.0. The van der Waals surface area contributed by atoms with Gasteiger partial charge < -0.3 is 9.64 Å². The molecule has 1 saturated carbocycles. The van der Waals surface area contributed by atoms with Crippen LogP contribution in [0.15, 0.2) is 5.16 Å². The van der Waals surface area contributed by atoms with Crippen LogP contribution in [-0.4, -0.2) is 58.0 Å². The fourth-order valence-corrected chi connectivity index (χ4v) is 3.67. The number of aromatic nitrogens is 3. The van der Waals surface area contributed by atoms with Gasteiger partial charge in [0.25, 0.3) is 0 Å². The number of amides is 1. The summed E-state index contributed by atoms with van der Waals surface area (Å²) >= 11 is 1.42. The van der Waals surface area contributed by atoms with E-state index in [9.17, 15) is 4.79 Å². The molecule has 0 atom stereocenters. The van der Waals surface area contributed by atoms with Crippen molar-refractivity contribution in [3.05, 3.63) is 5.82 Å². The van der Waals surface area contributed by atoms with Gasteiger partial charge in [-0.15, -0.1) is 5.10 Å². The number of hydrogen-bond acceptors (Lipinski definition) is 5. The SMILES string of the molecule is O=C(CSc1n[nH]c(CC2CCCC2)n1)N1CCOCC1. The molecule has 0 unspecified atom stereocenters. The molecule has 7 heteroatoms. The van der Waals surface area contributed by atoms with E-state index in [2.05, 4.69) is 15.2 Å². The molecule has 2 heterocycles. The van der Waals surface area contributed by atoms with Crippen LogP contribution in [0, 0.1) is 5.92 Å². The predicted octanol–water partition coefficient (Wildman–Crippen LogP) is 1.49. The quantitative estimate of drug-likeness (QED) is 0.834. The average Bonchev–Trinajstić information content (AvgIpc) is 3.18. The third-order valence-electron chi connectivity index (χ3n) is 4.16. The van der Waals surface area contributed by atoms with Gasteiger partial charge in [-0.3, -0.25) is 9.89 Å². The van der Waals surface area contributed by atoms with Crippen LogP contribution in [0.5, 0.6) is 0 Å². The number of carbonyl (C=O) groups excluding carboxylic acids is 1. The molecule has 1 aromatic rings. The minimum Gasteiger partial charge on any atom is -0.378 e. The van der Waals surface area contributed by atoms with Crippen molar-refractivity contribution in [2.75, 3.05) is 32.1 Å². The predicted molar refractivity (Wildman–Crippen MR) is 80.2 cm³/mol. The standard InChI is InChI=1S/C14H22N4O2S/c19-13(18-5-7-20-8-6-18)10-21-14-15-12(16-17-14)9-11-3-1-2-4-11/h11H,1-10H2,(H,15,16,17). The first-order valence-corrected chi connectivity index (χ1v) is 8.69. The highest BCUT2D eigenvalue weighted by molar-refractivity contribution is 7.99. The van der Waals surface area contributed by atoms with Crippen LogP contribution in [0.3, 0.4) is 0 Å². The van der Waals surface area contributed by atoms with E-state index in [-0.39, 0.29) is 5.91 Å². The number of ether oxygens (including phenoxy) is 1. The number of thioether (sulfide) groups is 1. The summed E-state index contributed by atoms with van der Waals surface area (Å²) in [5.41, 5.74) is 0. The molecule has 1 N–H and O–H groups in total. The topological polar surface area (TPSA) is 71.1 Å². The second kappa shape index (κ2) is 7.26. The van der Waals surface area contributed by atoms with E-state index < -0.39 is 0 Å². The van der Waals surface area contributed by atoms with Crippen molar-refractivity contribution in [2.45, 2.75) is 37.3 Å². The fraction of sp³-hybridized carbons (Fsp3) is 0.786. The van der Waals surface area contributed by atoms with Crippen LogP contribution in [0.2, 0.25) is 0 Å². The molecule has 3 rings (SSSR count). The second-order valence-corrected chi connectivity index (χ2v) is 6.64. The Labute approximate surface area is 129 Å². The Balaban J connectivity index is 1.44. The highest BCUT2D eigenvalue weighted by Crippen LogP contribution is 2.27. The highest BCUT2D eigenvalue weighted by Gasteiger charge is 2.19. The molecule has 0 radical (unpaired) electrons. The normalized spacial score (nSPS) is 20.1. The number of H-pyrrole nitrogens is 1. The van der Waals surface area contributed by atoms with Crippen molar-refractivity contribution in [3.63, 3.8) is 0 Å². The summed E-state index contributed by atoms with van der Waals surface area (Å²) in [7, 11) is 0. The number of hydrogen-bond donors (Lipinski definition) is 1. The summed E-state index contributed by atoms with van der Waals surface area (Å²) in [6.45, 7) is 2.67. The van der Waals surface area contributed by atoms with E-state index in [1.165, 1.54) is 37.4 Å².